The number of aromatic nitrogens is 1. The van der Waals surface area contributed by atoms with E-state index in [9.17, 15) is 4.79 Å². The Morgan fingerprint density at radius 1 is 1.29 bits per heavy atom. The molecule has 1 atom stereocenters. The van der Waals surface area contributed by atoms with Crippen molar-refractivity contribution in [3.8, 4) is 5.75 Å². The Labute approximate surface area is 124 Å². The fourth-order valence-corrected chi connectivity index (χ4v) is 2.96. The molecule has 0 saturated heterocycles. The topological polar surface area (TPSA) is 54.1 Å². The maximum absolute atomic E-state index is 11.4. The number of benzene rings is 1. The molecule has 1 aliphatic rings. The van der Waals surface area contributed by atoms with Crippen molar-refractivity contribution in [1.82, 2.24) is 4.98 Å². The van der Waals surface area contributed by atoms with Gasteiger partial charge in [-0.1, -0.05) is 6.07 Å². The van der Waals surface area contributed by atoms with E-state index in [4.69, 9.17) is 4.74 Å². The number of hydrogen-bond acceptors (Lipinski definition) is 3. The van der Waals surface area contributed by atoms with Gasteiger partial charge in [0.15, 0.2) is 0 Å². The summed E-state index contributed by atoms with van der Waals surface area (Å²) in [4.78, 5) is 14.4. The Kier molecular flexibility index (Phi) is 3.69. The highest BCUT2D eigenvalue weighted by atomic mass is 16.5. The lowest BCUT2D eigenvalue weighted by Crippen LogP contribution is -2.21. The number of pyridine rings is 1. The molecule has 21 heavy (non-hydrogen) atoms. The van der Waals surface area contributed by atoms with Crippen molar-refractivity contribution in [2.45, 2.75) is 32.2 Å². The molecule has 0 saturated carbocycles. The molecule has 1 aliphatic carbocycles. The number of H-pyrrole nitrogens is 1. The monoisotopic (exact) mass is 284 g/mol. The number of anilines is 1. The van der Waals surface area contributed by atoms with E-state index in [1.54, 1.807) is 13.2 Å². The minimum Gasteiger partial charge on any atom is -0.495 e. The van der Waals surface area contributed by atoms with Crippen molar-refractivity contribution in [3.05, 3.63) is 57.5 Å². The molecule has 1 heterocycles. The molecule has 1 unspecified atom stereocenters. The van der Waals surface area contributed by atoms with Gasteiger partial charge in [0.2, 0.25) is 5.56 Å². The van der Waals surface area contributed by atoms with Crippen LogP contribution in [0.1, 0.15) is 35.7 Å². The third kappa shape index (κ3) is 2.79. The molecule has 0 radical (unpaired) electrons. The summed E-state index contributed by atoms with van der Waals surface area (Å²) >= 11 is 0. The summed E-state index contributed by atoms with van der Waals surface area (Å²) in [5.41, 5.74) is 4.38. The van der Waals surface area contributed by atoms with Gasteiger partial charge in [-0.25, -0.2) is 0 Å². The normalized spacial score (nSPS) is 17.1. The number of aryl methyl sites for hydroxylation is 2. The maximum atomic E-state index is 11.4. The second kappa shape index (κ2) is 5.64. The van der Waals surface area contributed by atoms with Crippen molar-refractivity contribution >= 4 is 5.69 Å². The van der Waals surface area contributed by atoms with E-state index in [1.807, 2.05) is 25.1 Å². The lowest BCUT2D eigenvalue weighted by molar-refractivity contribution is 0.415. The van der Waals surface area contributed by atoms with Crippen molar-refractivity contribution in [2.24, 2.45) is 0 Å². The van der Waals surface area contributed by atoms with E-state index in [1.165, 1.54) is 11.1 Å². The minimum absolute atomic E-state index is 0.0256. The molecule has 1 aromatic carbocycles. The summed E-state index contributed by atoms with van der Waals surface area (Å²) < 4.78 is 5.45. The predicted molar refractivity (Wildman–Crippen MR) is 84.1 cm³/mol. The summed E-state index contributed by atoms with van der Waals surface area (Å²) in [6.45, 7) is 2.05. The smallest absolute Gasteiger partial charge is 0.248 e. The maximum Gasteiger partial charge on any atom is 0.248 e. The highest BCUT2D eigenvalue weighted by Gasteiger charge is 2.21. The van der Waals surface area contributed by atoms with Crippen molar-refractivity contribution in [1.29, 1.82) is 0 Å². The molecule has 2 aromatic rings. The second-order valence-corrected chi connectivity index (χ2v) is 5.55. The van der Waals surface area contributed by atoms with Crippen LogP contribution in [-0.2, 0) is 6.42 Å². The molecule has 0 spiro atoms. The molecule has 0 bridgehead atoms. The zero-order valence-electron chi connectivity index (χ0n) is 12.4. The van der Waals surface area contributed by atoms with Crippen LogP contribution < -0.4 is 15.6 Å². The van der Waals surface area contributed by atoms with Crippen molar-refractivity contribution in [3.63, 3.8) is 0 Å². The van der Waals surface area contributed by atoms with E-state index < -0.39 is 0 Å². The molecule has 0 amide bonds. The molecule has 4 nitrogen and oxygen atoms in total. The summed E-state index contributed by atoms with van der Waals surface area (Å²) in [5, 5.41) is 3.56. The Hall–Kier alpha value is -2.23. The van der Waals surface area contributed by atoms with Gasteiger partial charge in [0.1, 0.15) is 5.75 Å². The van der Waals surface area contributed by atoms with Crippen LogP contribution in [0, 0.1) is 6.92 Å². The third-order valence-electron chi connectivity index (χ3n) is 4.02. The summed E-state index contributed by atoms with van der Waals surface area (Å²) in [5.74, 6) is 0.853. The fraction of sp³-hybridized carbons (Fsp3) is 0.353. The van der Waals surface area contributed by atoms with Crippen LogP contribution in [0.2, 0.25) is 0 Å². The van der Waals surface area contributed by atoms with E-state index >= 15 is 0 Å². The lowest BCUT2D eigenvalue weighted by atomic mass is 9.91. The molecule has 3 rings (SSSR count). The third-order valence-corrected chi connectivity index (χ3v) is 4.02. The molecule has 2 N–H and O–H groups in total. The number of methoxy groups -OCH3 is 1. The van der Waals surface area contributed by atoms with Gasteiger partial charge in [-0.15, -0.1) is 0 Å². The van der Waals surface area contributed by atoms with Gasteiger partial charge in [0.05, 0.1) is 18.8 Å². The average Bonchev–Trinajstić information content (AvgIpc) is 2.49. The first kappa shape index (κ1) is 13.7. The quantitative estimate of drug-likeness (QED) is 0.910. The summed E-state index contributed by atoms with van der Waals surface area (Å²) in [7, 11) is 1.69. The second-order valence-electron chi connectivity index (χ2n) is 5.55. The van der Waals surface area contributed by atoms with Gasteiger partial charge in [-0.05, 0) is 55.5 Å². The lowest BCUT2D eigenvalue weighted by Gasteiger charge is -2.27. The molecule has 4 heteroatoms. The van der Waals surface area contributed by atoms with Crippen LogP contribution in [0.3, 0.4) is 0 Å². The van der Waals surface area contributed by atoms with Crippen LogP contribution in [0.4, 0.5) is 5.69 Å². The Morgan fingerprint density at radius 3 is 2.95 bits per heavy atom. The zero-order chi connectivity index (χ0) is 14.8. The molecule has 1 aromatic heterocycles. The average molecular weight is 284 g/mol. The predicted octanol–water partition coefficient (Wildman–Crippen LogP) is 3.18. The van der Waals surface area contributed by atoms with Gasteiger partial charge in [-0.3, -0.25) is 4.79 Å². The Bertz CT molecular complexity index is 706. The largest absolute Gasteiger partial charge is 0.495 e. The number of nitrogens with one attached hydrogen (secondary N) is 2. The standard InChI is InChI=1S/C17H20N2O2/c1-11-6-8-15(16(10-11)21-2)18-13-4-3-5-14-12(13)7-9-17(20)19-14/h6-10,13,18H,3-5H2,1-2H3,(H,19,20). The van der Waals surface area contributed by atoms with Crippen LogP contribution in [0.25, 0.3) is 0 Å². The van der Waals surface area contributed by atoms with Gasteiger partial charge in [-0.2, -0.15) is 0 Å². The Balaban J connectivity index is 1.92. The van der Waals surface area contributed by atoms with E-state index in [-0.39, 0.29) is 11.6 Å². The molecule has 0 fully saturated rings. The van der Waals surface area contributed by atoms with Gasteiger partial charge >= 0.3 is 0 Å². The highest BCUT2D eigenvalue weighted by molar-refractivity contribution is 5.59. The van der Waals surface area contributed by atoms with Crippen LogP contribution in [0.15, 0.2) is 35.1 Å². The van der Waals surface area contributed by atoms with Crippen LogP contribution >= 0.6 is 0 Å². The number of ether oxygens (including phenoxy) is 1. The SMILES string of the molecule is COc1cc(C)ccc1NC1CCCc2[nH]c(=O)ccc21. The van der Waals surface area contributed by atoms with Crippen LogP contribution in [-0.4, -0.2) is 12.1 Å². The number of aromatic amines is 1. The first-order chi connectivity index (χ1) is 10.2. The van der Waals surface area contributed by atoms with Gasteiger partial charge < -0.3 is 15.0 Å². The Morgan fingerprint density at radius 2 is 2.14 bits per heavy atom. The molecular weight excluding hydrogens is 264 g/mol. The van der Waals surface area contributed by atoms with Crippen molar-refractivity contribution in [2.75, 3.05) is 12.4 Å². The van der Waals surface area contributed by atoms with E-state index in [2.05, 4.69) is 16.4 Å². The highest BCUT2D eigenvalue weighted by Crippen LogP contribution is 2.34. The molecular formula is C17H20N2O2. The van der Waals surface area contributed by atoms with Crippen molar-refractivity contribution < 1.29 is 4.74 Å². The number of fused-ring (bicyclic) bond motifs is 1. The summed E-state index contributed by atoms with van der Waals surface area (Å²) in [6, 6.07) is 9.90. The summed E-state index contributed by atoms with van der Waals surface area (Å²) in [6.07, 6.45) is 3.06. The van der Waals surface area contributed by atoms with E-state index in [0.29, 0.717) is 0 Å². The molecule has 0 aliphatic heterocycles. The molecule has 110 valence electrons. The minimum atomic E-state index is -0.0256. The zero-order valence-corrected chi connectivity index (χ0v) is 12.4. The first-order valence-corrected chi connectivity index (χ1v) is 7.30. The number of hydrogen-bond donors (Lipinski definition) is 2. The van der Waals surface area contributed by atoms with Gasteiger partial charge in [0.25, 0.3) is 0 Å². The van der Waals surface area contributed by atoms with Crippen LogP contribution in [0.5, 0.6) is 5.75 Å². The first-order valence-electron chi connectivity index (χ1n) is 7.30. The fourth-order valence-electron chi connectivity index (χ4n) is 2.96. The number of rotatable bonds is 3. The van der Waals surface area contributed by atoms with Gasteiger partial charge in [0, 0.05) is 11.8 Å². The van der Waals surface area contributed by atoms with E-state index in [0.717, 1.165) is 36.4 Å².